The van der Waals surface area contributed by atoms with E-state index in [9.17, 15) is 0 Å². The van der Waals surface area contributed by atoms with Crippen molar-refractivity contribution in [1.29, 1.82) is 0 Å². The molecular weight excluding hydrogens is 806 g/mol. The first-order valence-electron chi connectivity index (χ1n) is 24.4. The Morgan fingerprint density at radius 3 is 1.16 bits per heavy atom. The van der Waals surface area contributed by atoms with Crippen LogP contribution in [-0.2, 0) is 21.7 Å². The van der Waals surface area contributed by atoms with Crippen LogP contribution in [0.4, 0.5) is 0 Å². The van der Waals surface area contributed by atoms with Crippen molar-refractivity contribution < 1.29 is 4.74 Å². The second-order valence-electron chi connectivity index (χ2n) is 23.4. The van der Waals surface area contributed by atoms with Crippen molar-refractivity contribution >= 4 is 78.5 Å². The summed E-state index contributed by atoms with van der Waals surface area (Å²) in [6.45, 7) is 27.5. The van der Waals surface area contributed by atoms with Gasteiger partial charge in [-0.3, -0.25) is 0 Å². The summed E-state index contributed by atoms with van der Waals surface area (Å²) in [7, 11) is 0. The van der Waals surface area contributed by atoms with Gasteiger partial charge in [0.1, 0.15) is 11.5 Å². The van der Waals surface area contributed by atoms with E-state index >= 15 is 0 Å². The highest BCUT2D eigenvalue weighted by atomic mass is 16.5. The number of fused-ring (bicyclic) bond motifs is 6. The fourth-order valence-electron chi connectivity index (χ4n) is 10.6. The van der Waals surface area contributed by atoms with Crippen LogP contribution in [-0.4, -0.2) is 13.4 Å². The van der Waals surface area contributed by atoms with Crippen molar-refractivity contribution in [3.8, 4) is 22.6 Å². The molecule has 0 atom stereocenters. The zero-order valence-electron chi connectivity index (χ0n) is 41.7. The van der Waals surface area contributed by atoms with Crippen LogP contribution in [0.2, 0.25) is 0 Å². The van der Waals surface area contributed by atoms with E-state index in [0.29, 0.717) is 0 Å². The zero-order chi connectivity index (χ0) is 47.2. The fraction of sp³-hybridized carbons (Fsp3) is 0.250. The van der Waals surface area contributed by atoms with Crippen LogP contribution in [0.1, 0.15) is 105 Å². The smallest absolute Gasteiger partial charge is 0.242 e. The van der Waals surface area contributed by atoms with Crippen molar-refractivity contribution in [3.63, 3.8) is 0 Å². The number of hydrogen-bond acceptors (Lipinski definition) is 1. The third-order valence-corrected chi connectivity index (χ3v) is 14.6. The monoisotopic (exact) mass is 871 g/mol. The topological polar surface area (TPSA) is 9.23 Å². The minimum atomic E-state index is 0.0285. The number of ether oxygens (including phenoxy) is 1. The summed E-state index contributed by atoms with van der Waals surface area (Å²) < 4.78 is 7.07. The molecule has 0 spiro atoms. The summed E-state index contributed by atoms with van der Waals surface area (Å²) in [5, 5.41) is 7.44. The lowest BCUT2D eigenvalue weighted by atomic mass is 9.36. The molecule has 0 radical (unpaired) electrons. The predicted octanol–water partition coefficient (Wildman–Crippen LogP) is 13.1. The fourth-order valence-corrected chi connectivity index (χ4v) is 10.6. The van der Waals surface area contributed by atoms with Gasteiger partial charge in [0, 0.05) is 10.9 Å². The van der Waals surface area contributed by atoms with Gasteiger partial charge in [-0.1, -0.05) is 268 Å². The standard InChI is InChI=1S/C64H64B2O/c1-61(2,3)41-20-28-45(29-21-41)65(46-30-22-42(23-31-46)62(4,5)6)49-36-37-52-56-39-54-50-16-13-14-17-51(50)57(40-55(54)53-18-15-19-58(60(53)56)67-59(52)38-49)66(47-32-24-43(25-33-47)63(7,8)9)48-34-26-44(27-35-48)64(10,11)12/h13-40H,1-12H3. The lowest BCUT2D eigenvalue weighted by molar-refractivity contribution is 0.487. The van der Waals surface area contributed by atoms with E-state index < -0.39 is 0 Å². The molecule has 3 heteroatoms. The molecule has 0 aromatic heterocycles. The highest BCUT2D eigenvalue weighted by molar-refractivity contribution is 6.97. The molecule has 9 aromatic rings. The van der Waals surface area contributed by atoms with Crippen molar-refractivity contribution in [2.24, 2.45) is 0 Å². The van der Waals surface area contributed by atoms with Gasteiger partial charge < -0.3 is 4.74 Å². The quantitative estimate of drug-likeness (QED) is 0.119. The van der Waals surface area contributed by atoms with Crippen molar-refractivity contribution in [2.45, 2.75) is 105 Å². The first-order valence-corrected chi connectivity index (χ1v) is 24.4. The third kappa shape index (κ3) is 8.20. The van der Waals surface area contributed by atoms with E-state index in [1.807, 2.05) is 0 Å². The van der Waals surface area contributed by atoms with Crippen molar-refractivity contribution in [1.82, 2.24) is 0 Å². The maximum absolute atomic E-state index is 7.07. The van der Waals surface area contributed by atoms with Crippen LogP contribution < -0.4 is 37.5 Å². The summed E-state index contributed by atoms with van der Waals surface area (Å²) in [5.41, 5.74) is 15.7. The normalized spacial score (nSPS) is 12.9. The van der Waals surface area contributed by atoms with E-state index in [-0.39, 0.29) is 35.1 Å². The van der Waals surface area contributed by atoms with Crippen LogP contribution in [0.15, 0.2) is 170 Å². The Hall–Kier alpha value is -6.31. The molecular formula is C64H64B2O. The van der Waals surface area contributed by atoms with Crippen LogP contribution in [0.5, 0.6) is 11.5 Å². The largest absolute Gasteiger partial charge is 0.456 e. The van der Waals surface area contributed by atoms with E-state index in [4.69, 9.17) is 4.74 Å². The predicted molar refractivity (Wildman–Crippen MR) is 294 cm³/mol. The second-order valence-corrected chi connectivity index (χ2v) is 23.4. The molecule has 0 N–H and O–H groups in total. The molecule has 67 heavy (non-hydrogen) atoms. The Morgan fingerprint density at radius 1 is 0.299 bits per heavy atom. The van der Waals surface area contributed by atoms with Gasteiger partial charge >= 0.3 is 0 Å². The Kier molecular flexibility index (Phi) is 10.8. The van der Waals surface area contributed by atoms with Gasteiger partial charge in [0.2, 0.25) is 13.4 Å². The SMILES string of the molecule is CC(C)(C)c1ccc(B(c2ccc(C(C)(C)C)cc2)c2ccc3c(c2)Oc2cccc4c2c-3cc2c3ccccc3c(B(c3ccc(C(C)(C)C)cc3)c3ccc(C(C)(C)C)cc3)cc42)cc1. The molecule has 0 saturated heterocycles. The molecule has 1 heterocycles. The summed E-state index contributed by atoms with van der Waals surface area (Å²) in [6.07, 6.45) is 0. The lowest BCUT2D eigenvalue weighted by Gasteiger charge is -2.26. The Morgan fingerprint density at radius 2 is 0.701 bits per heavy atom. The van der Waals surface area contributed by atoms with Gasteiger partial charge in [-0.2, -0.15) is 0 Å². The molecule has 0 bridgehead atoms. The maximum atomic E-state index is 7.07. The third-order valence-electron chi connectivity index (χ3n) is 14.6. The molecule has 9 aromatic carbocycles. The molecule has 0 saturated carbocycles. The van der Waals surface area contributed by atoms with Crippen LogP contribution in [0, 0.1) is 0 Å². The molecule has 10 rings (SSSR count). The lowest BCUT2D eigenvalue weighted by Crippen LogP contribution is -2.52. The van der Waals surface area contributed by atoms with Crippen molar-refractivity contribution in [2.75, 3.05) is 0 Å². The van der Waals surface area contributed by atoms with Gasteiger partial charge in [0.15, 0.2) is 0 Å². The molecule has 0 aliphatic carbocycles. The average molecular weight is 871 g/mol. The Balaban J connectivity index is 1.15. The molecule has 1 nitrogen and oxygen atoms in total. The molecule has 1 aliphatic rings. The summed E-state index contributed by atoms with van der Waals surface area (Å²) in [6, 6.07) is 65.0. The molecule has 332 valence electrons. The molecule has 0 unspecified atom stereocenters. The number of hydrogen-bond donors (Lipinski definition) is 0. The molecule has 0 fully saturated rings. The van der Waals surface area contributed by atoms with Crippen LogP contribution in [0.3, 0.4) is 0 Å². The maximum Gasteiger partial charge on any atom is 0.242 e. The van der Waals surface area contributed by atoms with Crippen LogP contribution in [0.25, 0.3) is 43.4 Å². The number of benzene rings is 9. The van der Waals surface area contributed by atoms with Crippen molar-refractivity contribution in [3.05, 3.63) is 192 Å². The van der Waals surface area contributed by atoms with Gasteiger partial charge in [-0.25, -0.2) is 0 Å². The second kappa shape index (κ2) is 16.2. The van der Waals surface area contributed by atoms with E-state index in [1.165, 1.54) is 92.9 Å². The minimum Gasteiger partial charge on any atom is -0.456 e. The van der Waals surface area contributed by atoms with Crippen LogP contribution >= 0.6 is 0 Å². The average Bonchev–Trinajstić information content (AvgIpc) is 3.29. The highest BCUT2D eigenvalue weighted by Crippen LogP contribution is 2.49. The molecule has 1 aliphatic heterocycles. The van der Waals surface area contributed by atoms with E-state index in [1.54, 1.807) is 0 Å². The minimum absolute atomic E-state index is 0.0285. The summed E-state index contributed by atoms with van der Waals surface area (Å²) in [5.74, 6) is 1.80. The first kappa shape index (κ1) is 44.5. The van der Waals surface area contributed by atoms with Gasteiger partial charge in [0.05, 0.1) is 0 Å². The van der Waals surface area contributed by atoms with Gasteiger partial charge in [0.25, 0.3) is 0 Å². The highest BCUT2D eigenvalue weighted by Gasteiger charge is 2.31. The van der Waals surface area contributed by atoms with Gasteiger partial charge in [-0.15, -0.1) is 0 Å². The molecule has 0 amide bonds. The zero-order valence-corrected chi connectivity index (χ0v) is 41.7. The summed E-state index contributed by atoms with van der Waals surface area (Å²) in [4.78, 5) is 0. The van der Waals surface area contributed by atoms with E-state index in [0.717, 1.165) is 17.1 Å². The Bertz CT molecular complexity index is 3200. The van der Waals surface area contributed by atoms with Gasteiger partial charge in [-0.05, 0) is 94.6 Å². The number of rotatable bonds is 6. The summed E-state index contributed by atoms with van der Waals surface area (Å²) >= 11 is 0. The first-order chi connectivity index (χ1) is 31.7. The van der Waals surface area contributed by atoms with E-state index in [2.05, 4.69) is 253 Å². The Labute approximate surface area is 400 Å².